The van der Waals surface area contributed by atoms with Crippen molar-refractivity contribution in [3.8, 4) is 0 Å². The summed E-state index contributed by atoms with van der Waals surface area (Å²) in [6.07, 6.45) is 2.59. The van der Waals surface area contributed by atoms with Crippen LogP contribution in [0.25, 0.3) is 0 Å². The average molecular weight is 392 g/mol. The highest BCUT2D eigenvalue weighted by Gasteiger charge is 2.49. The predicted octanol–water partition coefficient (Wildman–Crippen LogP) is 2.86. The molecule has 0 bridgehead atoms. The van der Waals surface area contributed by atoms with Crippen molar-refractivity contribution < 1.29 is 4.79 Å². The lowest BCUT2D eigenvalue weighted by molar-refractivity contribution is -0.146. The lowest BCUT2D eigenvalue weighted by Gasteiger charge is -2.45. The second-order valence-corrected chi connectivity index (χ2v) is 8.89. The van der Waals surface area contributed by atoms with Gasteiger partial charge < -0.3 is 9.80 Å². The number of nitrogens with zero attached hydrogens (tertiary/aromatic N) is 3. The van der Waals surface area contributed by atoms with Crippen molar-refractivity contribution in [3.05, 3.63) is 71.3 Å². The van der Waals surface area contributed by atoms with Crippen LogP contribution in [0.2, 0.25) is 0 Å². The molecule has 0 saturated carbocycles. The Kier molecular flexibility index (Phi) is 5.75. The molecule has 2 aromatic carbocycles. The Morgan fingerprint density at radius 2 is 1.66 bits per heavy atom. The van der Waals surface area contributed by atoms with Crippen molar-refractivity contribution in [3.63, 3.8) is 0 Å². The van der Waals surface area contributed by atoms with Gasteiger partial charge in [0.2, 0.25) is 5.91 Å². The summed E-state index contributed by atoms with van der Waals surface area (Å²) in [4.78, 5) is 20.8. The van der Waals surface area contributed by atoms with Gasteiger partial charge in [0.05, 0.1) is 0 Å². The summed E-state index contributed by atoms with van der Waals surface area (Å²) in [5, 5.41) is 0. The van der Waals surface area contributed by atoms with Gasteiger partial charge in [-0.25, -0.2) is 0 Å². The zero-order valence-corrected chi connectivity index (χ0v) is 18.0. The molecule has 0 N–H and O–H groups in total. The van der Waals surface area contributed by atoms with Crippen LogP contribution in [0.1, 0.15) is 23.6 Å². The maximum atomic E-state index is 14.0. The molecule has 1 unspecified atom stereocenters. The molecule has 0 spiro atoms. The molecule has 0 aromatic heterocycles. The van der Waals surface area contributed by atoms with E-state index < -0.39 is 5.54 Å². The van der Waals surface area contributed by atoms with E-state index in [1.807, 2.05) is 0 Å². The molecular formula is C25H33N3O. The highest BCUT2D eigenvalue weighted by molar-refractivity contribution is 5.88. The van der Waals surface area contributed by atoms with E-state index in [0.717, 1.165) is 45.4 Å². The first-order valence-corrected chi connectivity index (χ1v) is 10.8. The molecule has 2 aromatic rings. The number of rotatable bonds is 5. The first-order valence-electron chi connectivity index (χ1n) is 10.8. The number of carbonyl (C=O) groups excluding carboxylic acids is 1. The average Bonchev–Trinajstić information content (AvgIpc) is 3.15. The number of carbonyl (C=O) groups is 1. The van der Waals surface area contributed by atoms with Gasteiger partial charge in [0, 0.05) is 45.1 Å². The van der Waals surface area contributed by atoms with E-state index in [-0.39, 0.29) is 0 Å². The SMILES string of the molecule is CC1CN(C(=O)C2(N(C)CCc3ccccc3)Cc3ccccc3C2)CCN1C. The molecule has 2 aliphatic rings. The fourth-order valence-corrected chi connectivity index (χ4v) is 4.86. The Labute approximate surface area is 175 Å². The van der Waals surface area contributed by atoms with Crippen molar-refractivity contribution in [2.24, 2.45) is 0 Å². The summed E-state index contributed by atoms with van der Waals surface area (Å²) in [5.41, 5.74) is 3.52. The minimum Gasteiger partial charge on any atom is -0.338 e. The molecule has 1 amide bonds. The van der Waals surface area contributed by atoms with Crippen LogP contribution >= 0.6 is 0 Å². The number of amides is 1. The van der Waals surface area contributed by atoms with E-state index in [9.17, 15) is 4.79 Å². The van der Waals surface area contributed by atoms with Crippen LogP contribution in [-0.2, 0) is 24.1 Å². The van der Waals surface area contributed by atoms with Gasteiger partial charge in [0.1, 0.15) is 5.54 Å². The molecule has 1 heterocycles. The molecule has 1 saturated heterocycles. The van der Waals surface area contributed by atoms with Crippen molar-refractivity contribution >= 4 is 5.91 Å². The van der Waals surface area contributed by atoms with Gasteiger partial charge in [-0.2, -0.15) is 0 Å². The zero-order chi connectivity index (χ0) is 20.4. The van der Waals surface area contributed by atoms with Crippen molar-refractivity contribution in [2.75, 3.05) is 40.3 Å². The summed E-state index contributed by atoms with van der Waals surface area (Å²) in [5.74, 6) is 0.309. The van der Waals surface area contributed by atoms with E-state index in [4.69, 9.17) is 0 Å². The number of fused-ring (bicyclic) bond motifs is 1. The fraction of sp³-hybridized carbons (Fsp3) is 0.480. The minimum atomic E-state index is -0.464. The van der Waals surface area contributed by atoms with Crippen LogP contribution in [0.3, 0.4) is 0 Å². The third-order valence-electron chi connectivity index (χ3n) is 7.04. The molecule has 29 heavy (non-hydrogen) atoms. The summed E-state index contributed by atoms with van der Waals surface area (Å²) in [7, 11) is 4.30. The molecule has 0 radical (unpaired) electrons. The Hall–Kier alpha value is -2.17. The first kappa shape index (κ1) is 20.1. The van der Waals surface area contributed by atoms with Gasteiger partial charge in [0.25, 0.3) is 0 Å². The first-order chi connectivity index (χ1) is 14.0. The summed E-state index contributed by atoms with van der Waals surface area (Å²) in [6.45, 7) is 5.69. The number of piperazine rings is 1. The van der Waals surface area contributed by atoms with Crippen molar-refractivity contribution in [1.29, 1.82) is 0 Å². The van der Waals surface area contributed by atoms with Crippen molar-refractivity contribution in [1.82, 2.24) is 14.7 Å². The summed E-state index contributed by atoms with van der Waals surface area (Å²) >= 11 is 0. The van der Waals surface area contributed by atoms with Crippen LogP contribution in [0.15, 0.2) is 54.6 Å². The molecule has 4 heteroatoms. The van der Waals surface area contributed by atoms with E-state index in [2.05, 4.69) is 90.3 Å². The number of hydrogen-bond acceptors (Lipinski definition) is 3. The smallest absolute Gasteiger partial charge is 0.243 e. The second-order valence-electron chi connectivity index (χ2n) is 8.89. The van der Waals surface area contributed by atoms with Crippen LogP contribution in [0.5, 0.6) is 0 Å². The molecule has 1 atom stereocenters. The Bertz CT molecular complexity index is 825. The van der Waals surface area contributed by atoms with Gasteiger partial charge in [0.15, 0.2) is 0 Å². The Morgan fingerprint density at radius 3 is 2.28 bits per heavy atom. The Balaban J connectivity index is 1.57. The van der Waals surface area contributed by atoms with Crippen LogP contribution in [-0.4, -0.2) is 72.5 Å². The topological polar surface area (TPSA) is 26.8 Å². The third kappa shape index (κ3) is 3.96. The van der Waals surface area contributed by atoms with E-state index in [1.54, 1.807) is 0 Å². The maximum Gasteiger partial charge on any atom is 0.243 e. The summed E-state index contributed by atoms with van der Waals surface area (Å²) < 4.78 is 0. The zero-order valence-electron chi connectivity index (χ0n) is 18.0. The quantitative estimate of drug-likeness (QED) is 0.784. The van der Waals surface area contributed by atoms with E-state index in [0.29, 0.717) is 11.9 Å². The number of likely N-dealkylation sites (N-methyl/N-ethyl adjacent to an activating group) is 2. The van der Waals surface area contributed by atoms with Gasteiger partial charge in [-0.15, -0.1) is 0 Å². The molecule has 154 valence electrons. The van der Waals surface area contributed by atoms with Crippen LogP contribution < -0.4 is 0 Å². The Morgan fingerprint density at radius 1 is 1.03 bits per heavy atom. The van der Waals surface area contributed by atoms with Gasteiger partial charge in [-0.05, 0) is 44.1 Å². The second kappa shape index (κ2) is 8.29. The van der Waals surface area contributed by atoms with Crippen LogP contribution in [0, 0.1) is 0 Å². The maximum absolute atomic E-state index is 14.0. The van der Waals surface area contributed by atoms with Gasteiger partial charge in [-0.3, -0.25) is 9.69 Å². The third-order valence-corrected chi connectivity index (χ3v) is 7.04. The molecule has 4 nitrogen and oxygen atoms in total. The fourth-order valence-electron chi connectivity index (χ4n) is 4.86. The number of benzene rings is 2. The summed E-state index contributed by atoms with van der Waals surface area (Å²) in [6, 6.07) is 19.6. The van der Waals surface area contributed by atoms with Gasteiger partial charge in [-0.1, -0.05) is 54.6 Å². The minimum absolute atomic E-state index is 0.309. The molecule has 1 fully saturated rings. The normalized spacial score (nSPS) is 21.4. The van der Waals surface area contributed by atoms with Gasteiger partial charge >= 0.3 is 0 Å². The monoisotopic (exact) mass is 391 g/mol. The predicted molar refractivity (Wildman–Crippen MR) is 118 cm³/mol. The molecule has 1 aliphatic heterocycles. The standard InChI is InChI=1S/C25H33N3O/c1-20-19-28(16-15-26(20)2)24(29)25(17-22-11-7-8-12-23(22)18-25)27(3)14-13-21-9-5-4-6-10-21/h4-12,20H,13-19H2,1-3H3. The number of hydrogen-bond donors (Lipinski definition) is 0. The van der Waals surface area contributed by atoms with Crippen molar-refractivity contribution in [2.45, 2.75) is 37.8 Å². The van der Waals surface area contributed by atoms with E-state index >= 15 is 0 Å². The molecular weight excluding hydrogens is 358 g/mol. The lowest BCUT2D eigenvalue weighted by atomic mass is 9.90. The molecule has 1 aliphatic carbocycles. The highest BCUT2D eigenvalue weighted by Crippen LogP contribution is 2.36. The lowest BCUT2D eigenvalue weighted by Crippen LogP contribution is -2.63. The largest absolute Gasteiger partial charge is 0.338 e. The van der Waals surface area contributed by atoms with Crippen LogP contribution in [0.4, 0.5) is 0 Å². The molecule has 4 rings (SSSR count). The van der Waals surface area contributed by atoms with E-state index in [1.165, 1.54) is 16.7 Å². The highest BCUT2D eigenvalue weighted by atomic mass is 16.2.